The predicted octanol–water partition coefficient (Wildman–Crippen LogP) is 2.48. The molecule has 94 valence electrons. The summed E-state index contributed by atoms with van der Waals surface area (Å²) >= 11 is 6.11. The lowest BCUT2D eigenvalue weighted by molar-refractivity contribution is 0.00692. The highest BCUT2D eigenvalue weighted by atomic mass is 35.5. The van der Waals surface area contributed by atoms with Crippen LogP contribution in [0, 0.1) is 0 Å². The lowest BCUT2D eigenvalue weighted by Crippen LogP contribution is -2.34. The number of hydrogen-bond donors (Lipinski definition) is 2. The van der Waals surface area contributed by atoms with E-state index in [-0.39, 0.29) is 12.2 Å². The lowest BCUT2D eigenvalue weighted by Gasteiger charge is -2.28. The van der Waals surface area contributed by atoms with Crippen LogP contribution in [-0.2, 0) is 6.54 Å². The third-order valence-electron chi connectivity index (χ3n) is 3.18. The first-order valence-electron chi connectivity index (χ1n) is 6.04. The number of nitrogens with two attached hydrogens (primary N) is 1. The van der Waals surface area contributed by atoms with E-state index in [4.69, 9.17) is 22.1 Å². The quantitative estimate of drug-likeness (QED) is 0.873. The second kappa shape index (κ2) is 5.71. The minimum absolute atomic E-state index is 0.134. The van der Waals surface area contributed by atoms with E-state index in [2.05, 4.69) is 0 Å². The molecule has 0 heterocycles. The molecule has 2 rings (SSSR count). The molecule has 4 heteroatoms. The normalized spacial score (nSPS) is 24.6. The number of halogens is 1. The maximum Gasteiger partial charge on any atom is 0.138 e. The molecular formula is C13H18ClNO2. The molecule has 1 aliphatic rings. The van der Waals surface area contributed by atoms with Crippen LogP contribution in [0.5, 0.6) is 5.75 Å². The van der Waals surface area contributed by atoms with Gasteiger partial charge in [-0.25, -0.2) is 0 Å². The molecule has 0 radical (unpaired) electrons. The Hall–Kier alpha value is -0.770. The zero-order valence-corrected chi connectivity index (χ0v) is 10.5. The summed E-state index contributed by atoms with van der Waals surface area (Å²) < 4.78 is 5.78. The van der Waals surface area contributed by atoms with Crippen molar-refractivity contribution in [3.05, 3.63) is 28.8 Å². The van der Waals surface area contributed by atoms with Crippen molar-refractivity contribution < 1.29 is 9.84 Å². The molecule has 2 unspecified atom stereocenters. The van der Waals surface area contributed by atoms with Gasteiger partial charge in [-0.1, -0.05) is 24.1 Å². The number of rotatable bonds is 3. The molecule has 1 aromatic rings. The average molecular weight is 256 g/mol. The summed E-state index contributed by atoms with van der Waals surface area (Å²) in [7, 11) is 0. The molecule has 1 aliphatic carbocycles. The van der Waals surface area contributed by atoms with Crippen molar-refractivity contribution in [1.82, 2.24) is 0 Å². The maximum atomic E-state index is 9.83. The minimum atomic E-state index is -0.381. The van der Waals surface area contributed by atoms with E-state index in [9.17, 15) is 5.11 Å². The van der Waals surface area contributed by atoms with E-state index in [0.717, 1.165) is 31.2 Å². The molecule has 1 aromatic carbocycles. The van der Waals surface area contributed by atoms with Crippen LogP contribution in [0.25, 0.3) is 0 Å². The van der Waals surface area contributed by atoms with Crippen LogP contribution in [0.15, 0.2) is 18.2 Å². The number of aliphatic hydroxyl groups excluding tert-OH is 1. The highest BCUT2D eigenvalue weighted by molar-refractivity contribution is 6.32. The second-order valence-corrected chi connectivity index (χ2v) is 4.88. The molecule has 1 saturated carbocycles. The Morgan fingerprint density at radius 3 is 2.76 bits per heavy atom. The van der Waals surface area contributed by atoms with E-state index < -0.39 is 0 Å². The number of benzene rings is 1. The number of aliphatic hydroxyl groups is 1. The molecule has 0 saturated heterocycles. The fraction of sp³-hybridized carbons (Fsp3) is 0.538. The minimum Gasteiger partial charge on any atom is -0.486 e. The molecule has 0 aromatic heterocycles. The van der Waals surface area contributed by atoms with Crippen molar-refractivity contribution in [1.29, 1.82) is 0 Å². The van der Waals surface area contributed by atoms with Gasteiger partial charge in [-0.3, -0.25) is 0 Å². The standard InChI is InChI=1S/C13H18ClNO2/c14-10-7-9(8-15)5-6-12(10)17-13-4-2-1-3-11(13)16/h5-7,11,13,16H,1-4,8,15H2. The predicted molar refractivity (Wildman–Crippen MR) is 68.2 cm³/mol. The van der Waals surface area contributed by atoms with Gasteiger partial charge in [-0.05, 0) is 37.0 Å². The largest absolute Gasteiger partial charge is 0.486 e. The topological polar surface area (TPSA) is 55.5 Å². The van der Waals surface area contributed by atoms with E-state index in [0.29, 0.717) is 17.3 Å². The Bertz CT molecular complexity index is 384. The number of hydrogen-bond acceptors (Lipinski definition) is 3. The Balaban J connectivity index is 2.07. The van der Waals surface area contributed by atoms with Crippen LogP contribution in [-0.4, -0.2) is 17.3 Å². The SMILES string of the molecule is NCc1ccc(OC2CCCCC2O)c(Cl)c1. The molecule has 3 N–H and O–H groups in total. The summed E-state index contributed by atoms with van der Waals surface area (Å²) in [6.07, 6.45) is 3.35. The summed E-state index contributed by atoms with van der Waals surface area (Å²) in [6.45, 7) is 0.464. The fourth-order valence-electron chi connectivity index (χ4n) is 2.14. The molecule has 1 fully saturated rings. The summed E-state index contributed by atoms with van der Waals surface area (Å²) in [4.78, 5) is 0. The first kappa shape index (κ1) is 12.7. The van der Waals surface area contributed by atoms with Crippen molar-refractivity contribution in [2.45, 2.75) is 44.4 Å². The van der Waals surface area contributed by atoms with Crippen molar-refractivity contribution >= 4 is 11.6 Å². The Labute approximate surface area is 107 Å². The van der Waals surface area contributed by atoms with Crippen LogP contribution in [0.4, 0.5) is 0 Å². The van der Waals surface area contributed by atoms with Crippen molar-refractivity contribution in [3.8, 4) is 5.75 Å². The third-order valence-corrected chi connectivity index (χ3v) is 3.47. The highest BCUT2D eigenvalue weighted by Gasteiger charge is 2.25. The van der Waals surface area contributed by atoms with Crippen LogP contribution in [0.1, 0.15) is 31.2 Å². The van der Waals surface area contributed by atoms with Gasteiger partial charge in [0.1, 0.15) is 11.9 Å². The molecule has 0 aliphatic heterocycles. The second-order valence-electron chi connectivity index (χ2n) is 4.48. The Morgan fingerprint density at radius 2 is 2.12 bits per heavy atom. The van der Waals surface area contributed by atoms with Gasteiger partial charge in [0.2, 0.25) is 0 Å². The van der Waals surface area contributed by atoms with Crippen LogP contribution in [0.3, 0.4) is 0 Å². The summed E-state index contributed by atoms with van der Waals surface area (Å²) in [5, 5.41) is 10.4. The maximum absolute atomic E-state index is 9.83. The monoisotopic (exact) mass is 255 g/mol. The Kier molecular flexibility index (Phi) is 4.26. The van der Waals surface area contributed by atoms with Crippen molar-refractivity contribution in [2.75, 3.05) is 0 Å². The summed E-state index contributed by atoms with van der Waals surface area (Å²) in [5.41, 5.74) is 6.51. The zero-order valence-electron chi connectivity index (χ0n) is 9.73. The van der Waals surface area contributed by atoms with Gasteiger partial charge in [0, 0.05) is 6.54 Å². The highest BCUT2D eigenvalue weighted by Crippen LogP contribution is 2.30. The molecule has 0 bridgehead atoms. The van der Waals surface area contributed by atoms with E-state index in [1.54, 1.807) is 0 Å². The van der Waals surface area contributed by atoms with Gasteiger partial charge in [0.15, 0.2) is 0 Å². The number of ether oxygens (including phenoxy) is 1. The molecule has 17 heavy (non-hydrogen) atoms. The van der Waals surface area contributed by atoms with Gasteiger partial charge in [0.05, 0.1) is 11.1 Å². The average Bonchev–Trinajstić information content (AvgIpc) is 2.34. The van der Waals surface area contributed by atoms with Gasteiger partial charge >= 0.3 is 0 Å². The summed E-state index contributed by atoms with van der Waals surface area (Å²) in [5.74, 6) is 0.634. The van der Waals surface area contributed by atoms with Gasteiger partial charge < -0.3 is 15.6 Å². The van der Waals surface area contributed by atoms with Crippen LogP contribution >= 0.6 is 11.6 Å². The first-order chi connectivity index (χ1) is 8.20. The molecule has 0 amide bonds. The van der Waals surface area contributed by atoms with Gasteiger partial charge in [-0.2, -0.15) is 0 Å². The molecule has 2 atom stereocenters. The Morgan fingerprint density at radius 1 is 1.35 bits per heavy atom. The third kappa shape index (κ3) is 3.12. The van der Waals surface area contributed by atoms with E-state index in [1.807, 2.05) is 18.2 Å². The van der Waals surface area contributed by atoms with Crippen molar-refractivity contribution in [3.63, 3.8) is 0 Å². The van der Waals surface area contributed by atoms with Gasteiger partial charge in [0.25, 0.3) is 0 Å². The molecule has 3 nitrogen and oxygen atoms in total. The lowest BCUT2D eigenvalue weighted by atomic mass is 9.95. The van der Waals surface area contributed by atoms with Crippen molar-refractivity contribution in [2.24, 2.45) is 5.73 Å². The molecule has 0 spiro atoms. The smallest absolute Gasteiger partial charge is 0.138 e. The van der Waals surface area contributed by atoms with Crippen LogP contribution in [0.2, 0.25) is 5.02 Å². The van der Waals surface area contributed by atoms with Crippen LogP contribution < -0.4 is 10.5 Å². The van der Waals surface area contributed by atoms with E-state index >= 15 is 0 Å². The van der Waals surface area contributed by atoms with E-state index in [1.165, 1.54) is 0 Å². The first-order valence-corrected chi connectivity index (χ1v) is 6.41. The fourth-order valence-corrected chi connectivity index (χ4v) is 2.39. The zero-order chi connectivity index (χ0) is 12.3. The summed E-state index contributed by atoms with van der Waals surface area (Å²) in [6, 6.07) is 5.54. The van der Waals surface area contributed by atoms with Gasteiger partial charge in [-0.15, -0.1) is 0 Å². The molecular weight excluding hydrogens is 238 g/mol.